The molecule has 1 fully saturated rings. The van der Waals surface area contributed by atoms with Crippen LogP contribution in [0.3, 0.4) is 0 Å². The first kappa shape index (κ1) is 16.4. The van der Waals surface area contributed by atoms with Crippen LogP contribution in [0.5, 0.6) is 0 Å². The smallest absolute Gasteiger partial charge is 0.305 e. The molecule has 0 saturated carbocycles. The number of carbonyl (C=O) groups excluding carboxylic acids is 1. The Morgan fingerprint density at radius 1 is 1.23 bits per heavy atom. The third-order valence-corrected chi connectivity index (χ3v) is 3.90. The molecule has 0 aliphatic carbocycles. The average Bonchev–Trinajstić information content (AvgIpc) is 2.46. The van der Waals surface area contributed by atoms with Gasteiger partial charge in [0.15, 0.2) is 0 Å². The molecule has 1 amide bonds. The van der Waals surface area contributed by atoms with Gasteiger partial charge < -0.3 is 15.2 Å². The van der Waals surface area contributed by atoms with E-state index in [1.165, 1.54) is 12.1 Å². The molecule has 1 aliphatic rings. The fourth-order valence-corrected chi connectivity index (χ4v) is 2.66. The number of hydrogen-bond donors (Lipinski definition) is 2. The second-order valence-electron chi connectivity index (χ2n) is 5.64. The molecule has 5 nitrogen and oxygen atoms in total. The van der Waals surface area contributed by atoms with Gasteiger partial charge in [-0.1, -0.05) is 12.1 Å². The maximum Gasteiger partial charge on any atom is 0.305 e. The molecule has 0 atom stereocenters. The van der Waals surface area contributed by atoms with E-state index < -0.39 is 11.5 Å². The van der Waals surface area contributed by atoms with Crippen molar-refractivity contribution in [2.45, 2.75) is 37.6 Å². The summed E-state index contributed by atoms with van der Waals surface area (Å²) in [6.07, 6.45) is 1.64. The molecule has 22 heavy (non-hydrogen) atoms. The van der Waals surface area contributed by atoms with Gasteiger partial charge in [-0.25, -0.2) is 4.39 Å². The fraction of sp³-hybridized carbons (Fsp3) is 0.500. The van der Waals surface area contributed by atoms with Crippen LogP contribution in [0.4, 0.5) is 4.39 Å². The Morgan fingerprint density at radius 2 is 1.86 bits per heavy atom. The Hall–Kier alpha value is -1.95. The zero-order chi connectivity index (χ0) is 16.0. The van der Waals surface area contributed by atoms with E-state index in [1.54, 1.807) is 12.1 Å². The standard InChI is InChI=1S/C16H20FNO4/c17-13-4-1-12(2-5-13)3-6-14(19)18-16(11-15(20)21)7-9-22-10-8-16/h1-2,4-5H,3,6-11H2,(H,18,19)(H,20,21). The number of amides is 1. The Balaban J connectivity index is 1.90. The molecule has 0 unspecified atom stereocenters. The molecule has 1 aliphatic heterocycles. The van der Waals surface area contributed by atoms with E-state index in [2.05, 4.69) is 5.32 Å². The lowest BCUT2D eigenvalue weighted by molar-refractivity contribution is -0.140. The molecule has 0 bridgehead atoms. The number of carboxylic acids is 1. The molecular formula is C16H20FNO4. The first-order valence-corrected chi connectivity index (χ1v) is 7.34. The van der Waals surface area contributed by atoms with Gasteiger partial charge in [0.25, 0.3) is 0 Å². The molecule has 0 spiro atoms. The summed E-state index contributed by atoms with van der Waals surface area (Å²) in [5.74, 6) is -1.43. The van der Waals surface area contributed by atoms with Crippen LogP contribution in [0.2, 0.25) is 0 Å². The number of aliphatic carboxylic acids is 1. The van der Waals surface area contributed by atoms with Crippen molar-refractivity contribution < 1.29 is 23.8 Å². The highest BCUT2D eigenvalue weighted by molar-refractivity contribution is 5.78. The lowest BCUT2D eigenvalue weighted by atomic mass is 9.86. The van der Waals surface area contributed by atoms with E-state index in [1.807, 2.05) is 0 Å². The largest absolute Gasteiger partial charge is 0.481 e. The number of carboxylic acid groups (broad SMARTS) is 1. The van der Waals surface area contributed by atoms with Gasteiger partial charge in [-0.15, -0.1) is 0 Å². The summed E-state index contributed by atoms with van der Waals surface area (Å²) in [5.41, 5.74) is 0.153. The SMILES string of the molecule is O=C(O)CC1(NC(=O)CCc2ccc(F)cc2)CCOCC1. The average molecular weight is 309 g/mol. The van der Waals surface area contributed by atoms with E-state index in [0.29, 0.717) is 32.5 Å². The van der Waals surface area contributed by atoms with E-state index in [9.17, 15) is 14.0 Å². The first-order chi connectivity index (χ1) is 10.5. The van der Waals surface area contributed by atoms with Gasteiger partial charge in [-0.05, 0) is 37.0 Å². The first-order valence-electron chi connectivity index (χ1n) is 7.34. The topological polar surface area (TPSA) is 75.6 Å². The summed E-state index contributed by atoms with van der Waals surface area (Å²) in [5, 5.41) is 11.9. The molecule has 6 heteroatoms. The van der Waals surface area contributed by atoms with E-state index in [0.717, 1.165) is 5.56 Å². The second kappa shape index (κ2) is 7.35. The molecule has 1 aromatic carbocycles. The summed E-state index contributed by atoms with van der Waals surface area (Å²) >= 11 is 0. The van der Waals surface area contributed by atoms with E-state index in [-0.39, 0.29) is 24.6 Å². The third-order valence-electron chi connectivity index (χ3n) is 3.90. The summed E-state index contributed by atoms with van der Waals surface area (Å²) < 4.78 is 18.1. The molecule has 0 radical (unpaired) electrons. The second-order valence-corrected chi connectivity index (χ2v) is 5.64. The van der Waals surface area contributed by atoms with Crippen molar-refractivity contribution in [3.05, 3.63) is 35.6 Å². The number of benzene rings is 1. The Morgan fingerprint density at radius 3 is 2.45 bits per heavy atom. The highest BCUT2D eigenvalue weighted by Crippen LogP contribution is 2.25. The molecule has 2 N–H and O–H groups in total. The van der Waals surface area contributed by atoms with Gasteiger partial charge in [0.1, 0.15) is 5.82 Å². The number of ether oxygens (including phenoxy) is 1. The van der Waals surface area contributed by atoms with Crippen LogP contribution in [0, 0.1) is 5.82 Å². The summed E-state index contributed by atoms with van der Waals surface area (Å²) in [6, 6.07) is 6.00. The van der Waals surface area contributed by atoms with Crippen molar-refractivity contribution in [2.24, 2.45) is 0 Å². The number of hydrogen-bond acceptors (Lipinski definition) is 3. The van der Waals surface area contributed by atoms with Crippen molar-refractivity contribution in [2.75, 3.05) is 13.2 Å². The van der Waals surface area contributed by atoms with E-state index in [4.69, 9.17) is 9.84 Å². The molecule has 1 saturated heterocycles. The number of nitrogens with one attached hydrogen (secondary N) is 1. The predicted octanol–water partition coefficient (Wildman–Crippen LogP) is 1.90. The predicted molar refractivity (Wildman–Crippen MR) is 77.9 cm³/mol. The van der Waals surface area contributed by atoms with Gasteiger partial charge in [0.05, 0.1) is 12.0 Å². The Labute approximate surface area is 128 Å². The van der Waals surface area contributed by atoms with Crippen molar-refractivity contribution in [1.29, 1.82) is 0 Å². The van der Waals surface area contributed by atoms with Crippen molar-refractivity contribution in [3.63, 3.8) is 0 Å². The zero-order valence-electron chi connectivity index (χ0n) is 12.3. The molecule has 0 aromatic heterocycles. The van der Waals surface area contributed by atoms with Gasteiger partial charge in [-0.2, -0.15) is 0 Å². The van der Waals surface area contributed by atoms with Gasteiger partial charge >= 0.3 is 5.97 Å². The summed E-state index contributed by atoms with van der Waals surface area (Å²) in [4.78, 5) is 23.2. The van der Waals surface area contributed by atoms with Crippen LogP contribution in [0.15, 0.2) is 24.3 Å². The van der Waals surface area contributed by atoms with Gasteiger partial charge in [-0.3, -0.25) is 9.59 Å². The monoisotopic (exact) mass is 309 g/mol. The minimum absolute atomic E-state index is 0.0986. The number of halogens is 1. The maximum atomic E-state index is 12.8. The fourth-order valence-electron chi connectivity index (χ4n) is 2.66. The van der Waals surface area contributed by atoms with Crippen molar-refractivity contribution in [3.8, 4) is 0 Å². The number of carbonyl (C=O) groups is 2. The Kier molecular flexibility index (Phi) is 5.49. The lowest BCUT2D eigenvalue weighted by Gasteiger charge is -2.36. The third kappa shape index (κ3) is 4.80. The van der Waals surface area contributed by atoms with Crippen LogP contribution < -0.4 is 5.32 Å². The normalized spacial score (nSPS) is 17.0. The van der Waals surface area contributed by atoms with Crippen LogP contribution >= 0.6 is 0 Å². The quantitative estimate of drug-likeness (QED) is 0.841. The number of rotatable bonds is 6. The van der Waals surface area contributed by atoms with Crippen LogP contribution in [-0.4, -0.2) is 35.7 Å². The minimum Gasteiger partial charge on any atom is -0.481 e. The molecule has 120 valence electrons. The van der Waals surface area contributed by atoms with Crippen LogP contribution in [0.1, 0.15) is 31.2 Å². The highest BCUT2D eigenvalue weighted by Gasteiger charge is 2.36. The van der Waals surface area contributed by atoms with Crippen LogP contribution in [0.25, 0.3) is 0 Å². The number of aryl methyl sites for hydroxylation is 1. The molecule has 2 rings (SSSR count). The molecule has 1 heterocycles. The lowest BCUT2D eigenvalue weighted by Crippen LogP contribution is -2.53. The van der Waals surface area contributed by atoms with Gasteiger partial charge in [0, 0.05) is 19.6 Å². The molecule has 1 aromatic rings. The Bertz CT molecular complexity index is 523. The van der Waals surface area contributed by atoms with Crippen LogP contribution in [-0.2, 0) is 20.7 Å². The van der Waals surface area contributed by atoms with Gasteiger partial charge in [0.2, 0.25) is 5.91 Å². The summed E-state index contributed by atoms with van der Waals surface area (Å²) in [6.45, 7) is 0.900. The molecular weight excluding hydrogens is 289 g/mol. The van der Waals surface area contributed by atoms with Crippen molar-refractivity contribution in [1.82, 2.24) is 5.32 Å². The highest BCUT2D eigenvalue weighted by atomic mass is 19.1. The summed E-state index contributed by atoms with van der Waals surface area (Å²) in [7, 11) is 0. The van der Waals surface area contributed by atoms with E-state index >= 15 is 0 Å². The minimum atomic E-state index is -0.930. The zero-order valence-corrected chi connectivity index (χ0v) is 12.3. The van der Waals surface area contributed by atoms with Crippen molar-refractivity contribution >= 4 is 11.9 Å². The maximum absolute atomic E-state index is 12.8.